The van der Waals surface area contributed by atoms with E-state index in [1.807, 2.05) is 30.3 Å². The number of para-hydroxylation sites is 2. The normalized spacial score (nSPS) is 13.3. The average molecular weight is 482 g/mol. The molecule has 0 spiro atoms. The SMILES string of the molecule is COc1ccccc1N(Cc1ccccc1)S(=O)(=O)c1cccc(C(=O)NC2=NCCS2)c1. The van der Waals surface area contributed by atoms with E-state index in [0.29, 0.717) is 23.1 Å². The second-order valence-electron chi connectivity index (χ2n) is 7.19. The summed E-state index contributed by atoms with van der Waals surface area (Å²) in [6.07, 6.45) is 0. The Morgan fingerprint density at radius 3 is 2.55 bits per heavy atom. The second kappa shape index (κ2) is 10.1. The van der Waals surface area contributed by atoms with Crippen molar-refractivity contribution in [3.8, 4) is 5.75 Å². The van der Waals surface area contributed by atoms with E-state index >= 15 is 0 Å². The number of nitrogens with one attached hydrogen (secondary N) is 1. The Kier molecular flexibility index (Phi) is 7.00. The van der Waals surface area contributed by atoms with Gasteiger partial charge >= 0.3 is 0 Å². The van der Waals surface area contributed by atoms with Gasteiger partial charge in [0.05, 0.1) is 30.8 Å². The Bertz CT molecular complexity index is 1280. The largest absolute Gasteiger partial charge is 0.495 e. The van der Waals surface area contributed by atoms with Crippen molar-refractivity contribution in [1.82, 2.24) is 5.32 Å². The number of nitrogens with zero attached hydrogens (tertiary/aromatic N) is 2. The molecule has 0 unspecified atom stereocenters. The molecule has 1 heterocycles. The predicted molar refractivity (Wildman–Crippen MR) is 131 cm³/mol. The number of anilines is 1. The maximum atomic E-state index is 13.8. The van der Waals surface area contributed by atoms with Crippen molar-refractivity contribution in [2.75, 3.05) is 23.7 Å². The van der Waals surface area contributed by atoms with Gasteiger partial charge in [0, 0.05) is 11.3 Å². The maximum absolute atomic E-state index is 13.8. The van der Waals surface area contributed by atoms with E-state index in [0.717, 1.165) is 11.3 Å². The van der Waals surface area contributed by atoms with Gasteiger partial charge in [-0.1, -0.05) is 60.3 Å². The van der Waals surface area contributed by atoms with E-state index in [4.69, 9.17) is 4.74 Å². The monoisotopic (exact) mass is 481 g/mol. The number of carbonyl (C=O) groups excluding carboxylic acids is 1. The van der Waals surface area contributed by atoms with Gasteiger partial charge in [0.25, 0.3) is 15.9 Å². The summed E-state index contributed by atoms with van der Waals surface area (Å²) in [4.78, 5) is 16.9. The summed E-state index contributed by atoms with van der Waals surface area (Å²) in [7, 11) is -2.53. The van der Waals surface area contributed by atoms with Crippen LogP contribution in [0, 0.1) is 0 Å². The zero-order chi connectivity index (χ0) is 23.3. The van der Waals surface area contributed by atoms with Crippen LogP contribution in [0.15, 0.2) is 88.8 Å². The van der Waals surface area contributed by atoms with Crippen LogP contribution in [0.4, 0.5) is 5.69 Å². The lowest BCUT2D eigenvalue weighted by Crippen LogP contribution is -2.31. The van der Waals surface area contributed by atoms with E-state index in [1.165, 1.54) is 35.3 Å². The fourth-order valence-corrected chi connectivity index (χ4v) is 5.62. The van der Waals surface area contributed by atoms with Gasteiger partial charge in [-0.15, -0.1) is 0 Å². The quantitative estimate of drug-likeness (QED) is 0.553. The number of amidine groups is 1. The van der Waals surface area contributed by atoms with Gasteiger partial charge in [-0.3, -0.25) is 14.1 Å². The predicted octanol–water partition coefficient (Wildman–Crippen LogP) is 3.92. The molecule has 0 aromatic heterocycles. The number of benzene rings is 3. The molecule has 0 fully saturated rings. The van der Waals surface area contributed by atoms with Gasteiger partial charge in [0.2, 0.25) is 0 Å². The molecule has 0 atom stereocenters. The Hall–Kier alpha value is -3.30. The molecular formula is C24H23N3O4S2. The smallest absolute Gasteiger partial charge is 0.264 e. The Morgan fingerprint density at radius 2 is 1.82 bits per heavy atom. The van der Waals surface area contributed by atoms with Crippen LogP contribution >= 0.6 is 11.8 Å². The third kappa shape index (κ3) is 5.20. The van der Waals surface area contributed by atoms with Gasteiger partial charge < -0.3 is 10.1 Å². The zero-order valence-corrected chi connectivity index (χ0v) is 19.6. The van der Waals surface area contributed by atoms with E-state index in [2.05, 4.69) is 10.3 Å². The minimum Gasteiger partial charge on any atom is -0.495 e. The van der Waals surface area contributed by atoms with Gasteiger partial charge in [0.15, 0.2) is 5.17 Å². The molecule has 7 nitrogen and oxygen atoms in total. The standard InChI is InChI=1S/C24H23N3O4S2/c1-31-22-13-6-5-12-21(22)27(17-18-8-3-2-4-9-18)33(29,30)20-11-7-10-19(16-20)23(28)26-24-25-14-15-32-24/h2-13,16H,14-15,17H2,1H3,(H,25,26,28). The first-order valence-corrected chi connectivity index (χ1v) is 12.7. The molecule has 0 bridgehead atoms. The van der Waals surface area contributed by atoms with Gasteiger partial charge in [-0.25, -0.2) is 8.42 Å². The topological polar surface area (TPSA) is 88.1 Å². The fourth-order valence-electron chi connectivity index (χ4n) is 3.39. The van der Waals surface area contributed by atoms with Crippen molar-refractivity contribution >= 4 is 38.5 Å². The lowest BCUT2D eigenvalue weighted by molar-refractivity contribution is 0.0977. The summed E-state index contributed by atoms with van der Waals surface area (Å²) in [5, 5.41) is 3.29. The number of ether oxygens (including phenoxy) is 1. The van der Waals surface area contributed by atoms with Crippen molar-refractivity contribution in [3.05, 3.63) is 90.0 Å². The third-order valence-corrected chi connectivity index (χ3v) is 7.66. The van der Waals surface area contributed by atoms with Gasteiger partial charge in [-0.05, 0) is 35.9 Å². The highest BCUT2D eigenvalue weighted by Gasteiger charge is 2.28. The molecule has 0 saturated heterocycles. The molecule has 9 heteroatoms. The number of hydrogen-bond donors (Lipinski definition) is 1. The van der Waals surface area contributed by atoms with Crippen LogP contribution in [0.3, 0.4) is 0 Å². The zero-order valence-electron chi connectivity index (χ0n) is 18.0. The summed E-state index contributed by atoms with van der Waals surface area (Å²) >= 11 is 1.46. The van der Waals surface area contributed by atoms with Gasteiger partial charge in [-0.2, -0.15) is 0 Å². The molecule has 33 heavy (non-hydrogen) atoms. The van der Waals surface area contributed by atoms with Crippen molar-refractivity contribution in [2.24, 2.45) is 4.99 Å². The maximum Gasteiger partial charge on any atom is 0.264 e. The lowest BCUT2D eigenvalue weighted by Gasteiger charge is -2.26. The molecule has 1 aliphatic heterocycles. The van der Waals surface area contributed by atoms with E-state index in [-0.39, 0.29) is 17.0 Å². The lowest BCUT2D eigenvalue weighted by atomic mass is 10.2. The van der Waals surface area contributed by atoms with Crippen LogP contribution < -0.4 is 14.4 Å². The highest BCUT2D eigenvalue weighted by molar-refractivity contribution is 8.14. The molecular weight excluding hydrogens is 458 g/mol. The summed E-state index contributed by atoms with van der Waals surface area (Å²) in [6.45, 7) is 0.759. The summed E-state index contributed by atoms with van der Waals surface area (Å²) in [6, 6.07) is 22.3. The fraction of sp³-hybridized carbons (Fsp3) is 0.167. The molecule has 1 aliphatic rings. The van der Waals surface area contributed by atoms with Crippen LogP contribution in [-0.2, 0) is 16.6 Å². The van der Waals surface area contributed by atoms with E-state index in [9.17, 15) is 13.2 Å². The average Bonchev–Trinajstić information content (AvgIpc) is 3.36. The molecule has 170 valence electrons. The third-order valence-electron chi connectivity index (χ3n) is 5.01. The Balaban J connectivity index is 1.72. The number of carbonyl (C=O) groups is 1. The highest BCUT2D eigenvalue weighted by atomic mass is 32.2. The number of hydrogen-bond acceptors (Lipinski definition) is 6. The summed E-state index contributed by atoms with van der Waals surface area (Å²) < 4.78 is 34.4. The number of aliphatic imine (C=N–C) groups is 1. The molecule has 1 amide bonds. The van der Waals surface area contributed by atoms with Crippen LogP contribution in [0.25, 0.3) is 0 Å². The van der Waals surface area contributed by atoms with E-state index in [1.54, 1.807) is 36.4 Å². The van der Waals surface area contributed by atoms with Crippen LogP contribution in [0.5, 0.6) is 5.75 Å². The van der Waals surface area contributed by atoms with Crippen molar-refractivity contribution in [1.29, 1.82) is 0 Å². The number of thioether (sulfide) groups is 1. The summed E-state index contributed by atoms with van der Waals surface area (Å²) in [5.74, 6) is 0.853. The molecule has 3 aromatic carbocycles. The first kappa shape index (κ1) is 22.9. The number of amides is 1. The first-order chi connectivity index (χ1) is 16.0. The molecule has 1 N–H and O–H groups in total. The van der Waals surface area contributed by atoms with Crippen molar-refractivity contribution in [2.45, 2.75) is 11.4 Å². The Labute approximate surface area is 197 Å². The number of methoxy groups -OCH3 is 1. The number of sulfonamides is 1. The van der Waals surface area contributed by atoms with Gasteiger partial charge in [0.1, 0.15) is 5.75 Å². The highest BCUT2D eigenvalue weighted by Crippen LogP contribution is 2.33. The minimum absolute atomic E-state index is 0.0120. The molecule has 3 aromatic rings. The second-order valence-corrected chi connectivity index (χ2v) is 10.1. The van der Waals surface area contributed by atoms with E-state index < -0.39 is 15.9 Å². The van der Waals surface area contributed by atoms with Crippen molar-refractivity contribution < 1.29 is 17.9 Å². The molecule has 0 radical (unpaired) electrons. The van der Waals surface area contributed by atoms with Crippen LogP contribution in [0.1, 0.15) is 15.9 Å². The van der Waals surface area contributed by atoms with Crippen LogP contribution in [0.2, 0.25) is 0 Å². The first-order valence-electron chi connectivity index (χ1n) is 10.3. The number of rotatable bonds is 7. The summed E-state index contributed by atoms with van der Waals surface area (Å²) in [5.41, 5.74) is 1.47. The van der Waals surface area contributed by atoms with Crippen molar-refractivity contribution in [3.63, 3.8) is 0 Å². The molecule has 0 aliphatic carbocycles. The molecule has 4 rings (SSSR count). The minimum atomic E-state index is -4.03. The molecule has 0 saturated carbocycles. The Morgan fingerprint density at radius 1 is 1.06 bits per heavy atom. The van der Waals surface area contributed by atoms with Crippen LogP contribution in [-0.4, -0.2) is 38.9 Å².